The molecule has 27 heavy (non-hydrogen) atoms. The van der Waals surface area contributed by atoms with E-state index in [1.54, 1.807) is 13.1 Å². The second kappa shape index (κ2) is 12.2. The molecule has 0 aliphatic carbocycles. The van der Waals surface area contributed by atoms with Crippen molar-refractivity contribution in [1.29, 1.82) is 0 Å². The first-order valence-corrected chi connectivity index (χ1v) is 8.66. The number of hydrogen-bond acceptors (Lipinski definition) is 3. The summed E-state index contributed by atoms with van der Waals surface area (Å²) in [6, 6.07) is 16.4. The minimum atomic E-state index is 0. The van der Waals surface area contributed by atoms with Gasteiger partial charge >= 0.3 is 0 Å². The molecule has 2 rings (SSSR count). The van der Waals surface area contributed by atoms with E-state index in [0.29, 0.717) is 19.7 Å². The molecule has 2 N–H and O–H groups in total. The summed E-state index contributed by atoms with van der Waals surface area (Å²) in [5.41, 5.74) is 3.47. The van der Waals surface area contributed by atoms with Crippen molar-refractivity contribution >= 4 is 35.6 Å². The Kier molecular flexibility index (Phi) is 10.3. The Bertz CT molecular complexity index is 729. The summed E-state index contributed by atoms with van der Waals surface area (Å²) in [4.78, 5) is 6.37. The quantitative estimate of drug-likeness (QED) is 0.261. The van der Waals surface area contributed by atoms with Crippen molar-refractivity contribution in [3.8, 4) is 5.75 Å². The minimum absolute atomic E-state index is 0. The molecule has 0 saturated heterocycles. The number of guanidine groups is 1. The zero-order chi connectivity index (χ0) is 18.8. The largest absolute Gasteiger partial charge is 0.489 e. The maximum absolute atomic E-state index is 5.69. The van der Waals surface area contributed by atoms with E-state index >= 15 is 0 Å². The number of rotatable bonds is 8. The van der Waals surface area contributed by atoms with Gasteiger partial charge < -0.3 is 20.3 Å². The van der Waals surface area contributed by atoms with E-state index in [-0.39, 0.29) is 24.0 Å². The first-order valence-electron chi connectivity index (χ1n) is 8.66. The summed E-state index contributed by atoms with van der Waals surface area (Å²) >= 11 is 0. The highest BCUT2D eigenvalue weighted by Crippen LogP contribution is 2.17. The fourth-order valence-corrected chi connectivity index (χ4v) is 2.44. The van der Waals surface area contributed by atoms with Gasteiger partial charge in [-0.2, -0.15) is 0 Å². The third-order valence-corrected chi connectivity index (χ3v) is 3.91. The van der Waals surface area contributed by atoms with E-state index < -0.39 is 0 Å². The maximum atomic E-state index is 5.69. The average Bonchev–Trinajstić information content (AvgIpc) is 2.67. The second-order valence-corrected chi connectivity index (χ2v) is 6.05. The van der Waals surface area contributed by atoms with Crippen LogP contribution in [0.5, 0.6) is 5.75 Å². The summed E-state index contributed by atoms with van der Waals surface area (Å²) in [7, 11) is 5.84. The number of anilines is 1. The van der Waals surface area contributed by atoms with Crippen LogP contribution in [0.15, 0.2) is 66.2 Å². The third-order valence-electron chi connectivity index (χ3n) is 3.91. The van der Waals surface area contributed by atoms with Crippen LogP contribution in [-0.2, 0) is 13.1 Å². The van der Waals surface area contributed by atoms with Gasteiger partial charge in [0.05, 0.1) is 0 Å². The highest BCUT2D eigenvalue weighted by molar-refractivity contribution is 14.0. The molecule has 0 radical (unpaired) electrons. The lowest BCUT2D eigenvalue weighted by atomic mass is 10.2. The fourth-order valence-electron chi connectivity index (χ4n) is 2.44. The predicted molar refractivity (Wildman–Crippen MR) is 125 cm³/mol. The topological polar surface area (TPSA) is 48.9 Å². The number of ether oxygens (including phenoxy) is 1. The molecule has 2 aromatic rings. The molecule has 0 heterocycles. The molecule has 0 fully saturated rings. The Labute approximate surface area is 179 Å². The van der Waals surface area contributed by atoms with Crippen molar-refractivity contribution in [3.63, 3.8) is 0 Å². The van der Waals surface area contributed by atoms with Crippen LogP contribution < -0.4 is 20.3 Å². The number of para-hydroxylation sites is 1. The van der Waals surface area contributed by atoms with Crippen molar-refractivity contribution in [1.82, 2.24) is 10.6 Å². The summed E-state index contributed by atoms with van der Waals surface area (Å²) in [6.07, 6.45) is 1.74. The van der Waals surface area contributed by atoms with Gasteiger partial charge in [-0.3, -0.25) is 4.99 Å². The van der Waals surface area contributed by atoms with Gasteiger partial charge in [0.25, 0.3) is 0 Å². The first kappa shape index (κ1) is 22.8. The van der Waals surface area contributed by atoms with Gasteiger partial charge in [-0.05, 0) is 23.8 Å². The number of hydrogen-bond donors (Lipinski definition) is 2. The highest BCUT2D eigenvalue weighted by Gasteiger charge is 2.04. The zero-order valence-electron chi connectivity index (χ0n) is 16.2. The predicted octanol–water partition coefficient (Wildman–Crippen LogP) is 3.80. The summed E-state index contributed by atoms with van der Waals surface area (Å²) in [5, 5.41) is 6.66. The molecule has 0 atom stereocenters. The van der Waals surface area contributed by atoms with Crippen LogP contribution in [0.25, 0.3) is 0 Å². The average molecular weight is 480 g/mol. The molecule has 0 aromatic heterocycles. The van der Waals surface area contributed by atoms with E-state index in [9.17, 15) is 0 Å². The van der Waals surface area contributed by atoms with Crippen LogP contribution in [0.2, 0.25) is 0 Å². The summed E-state index contributed by atoms with van der Waals surface area (Å²) in [6.45, 7) is 5.52. The Morgan fingerprint density at radius 3 is 2.37 bits per heavy atom. The molecule has 0 aliphatic rings. The number of nitrogens with zero attached hydrogens (tertiary/aromatic N) is 2. The van der Waals surface area contributed by atoms with Crippen molar-refractivity contribution in [3.05, 3.63) is 72.3 Å². The normalized spacial score (nSPS) is 10.6. The molecule has 0 unspecified atom stereocenters. The highest BCUT2D eigenvalue weighted by atomic mass is 127. The van der Waals surface area contributed by atoms with E-state index in [0.717, 1.165) is 17.3 Å². The van der Waals surface area contributed by atoms with Gasteiger partial charge in [0.15, 0.2) is 5.96 Å². The molecular formula is C21H29IN4O. The summed E-state index contributed by atoms with van der Waals surface area (Å²) < 4.78 is 5.69. The van der Waals surface area contributed by atoms with Crippen molar-refractivity contribution in [2.45, 2.75) is 13.1 Å². The van der Waals surface area contributed by atoms with Gasteiger partial charge in [-0.15, -0.1) is 24.0 Å². The van der Waals surface area contributed by atoms with Crippen molar-refractivity contribution < 1.29 is 4.74 Å². The van der Waals surface area contributed by atoms with Gasteiger partial charge in [0.1, 0.15) is 12.4 Å². The molecule has 5 nitrogen and oxygen atoms in total. The molecule has 0 amide bonds. The van der Waals surface area contributed by atoms with Crippen molar-refractivity contribution in [2.24, 2.45) is 4.99 Å². The van der Waals surface area contributed by atoms with Crippen LogP contribution in [0.4, 0.5) is 5.69 Å². The van der Waals surface area contributed by atoms with Gasteiger partial charge in [-0.25, -0.2) is 0 Å². The molecule has 0 bridgehead atoms. The van der Waals surface area contributed by atoms with Gasteiger partial charge in [0, 0.05) is 45.5 Å². The van der Waals surface area contributed by atoms with E-state index in [1.165, 1.54) is 11.3 Å². The Hall–Kier alpha value is -2.22. The van der Waals surface area contributed by atoms with Crippen LogP contribution in [0.3, 0.4) is 0 Å². The van der Waals surface area contributed by atoms with E-state index in [4.69, 9.17) is 4.74 Å². The lowest BCUT2D eigenvalue weighted by Crippen LogP contribution is -2.36. The SMILES string of the molecule is C=CCOc1ccccc1CNC(=NC)NCc1ccc(N(C)C)cc1.I. The second-order valence-electron chi connectivity index (χ2n) is 6.05. The Morgan fingerprint density at radius 2 is 1.74 bits per heavy atom. The number of nitrogens with one attached hydrogen (secondary N) is 2. The van der Waals surface area contributed by atoms with Crippen LogP contribution in [0, 0.1) is 0 Å². The van der Waals surface area contributed by atoms with E-state index in [1.807, 2.05) is 38.4 Å². The lowest BCUT2D eigenvalue weighted by Gasteiger charge is -2.15. The van der Waals surface area contributed by atoms with Gasteiger partial charge in [-0.1, -0.05) is 43.0 Å². The monoisotopic (exact) mass is 480 g/mol. The molecule has 2 aromatic carbocycles. The molecule has 0 saturated carbocycles. The smallest absolute Gasteiger partial charge is 0.191 e. The number of aliphatic imine (C=N–C) groups is 1. The third kappa shape index (κ3) is 7.50. The fraction of sp³-hybridized carbons (Fsp3) is 0.286. The zero-order valence-corrected chi connectivity index (χ0v) is 18.6. The van der Waals surface area contributed by atoms with E-state index in [2.05, 4.69) is 51.4 Å². The van der Waals surface area contributed by atoms with Gasteiger partial charge in [0.2, 0.25) is 0 Å². The molecule has 6 heteroatoms. The number of halogens is 1. The number of benzene rings is 2. The van der Waals surface area contributed by atoms with Crippen LogP contribution in [-0.4, -0.2) is 33.7 Å². The van der Waals surface area contributed by atoms with Crippen LogP contribution in [0.1, 0.15) is 11.1 Å². The molecule has 0 spiro atoms. The van der Waals surface area contributed by atoms with Crippen molar-refractivity contribution in [2.75, 3.05) is 32.6 Å². The molecular weight excluding hydrogens is 451 g/mol. The molecule has 0 aliphatic heterocycles. The van der Waals surface area contributed by atoms with Crippen LogP contribution >= 0.6 is 24.0 Å². The Morgan fingerprint density at radius 1 is 1.07 bits per heavy atom. The first-order chi connectivity index (χ1) is 12.6. The standard InChI is InChI=1S/C21H28N4O.HI/c1-5-14-26-20-9-7-6-8-18(20)16-24-21(22-2)23-15-17-10-12-19(13-11-17)25(3)4;/h5-13H,1,14-16H2,2-4H3,(H2,22,23,24);1H. The lowest BCUT2D eigenvalue weighted by molar-refractivity contribution is 0.358. The summed E-state index contributed by atoms with van der Waals surface area (Å²) in [5.74, 6) is 1.61. The Balaban J connectivity index is 0.00000364. The molecule has 146 valence electrons. The minimum Gasteiger partial charge on any atom is -0.489 e. The maximum Gasteiger partial charge on any atom is 0.191 e.